The minimum Gasteiger partial charge on any atom is -0.305 e. The molecule has 0 N–H and O–H groups in total. The van der Waals surface area contributed by atoms with E-state index in [2.05, 4.69) is 5.10 Å². The Morgan fingerprint density at radius 2 is 1.73 bits per heavy atom. The molecule has 0 spiro atoms. The van der Waals surface area contributed by atoms with Gasteiger partial charge in [0.05, 0.1) is 12.2 Å². The number of aromatic nitrogens is 2. The quantitative estimate of drug-likeness (QED) is 0.719. The maximum atomic E-state index is 13.7. The summed E-state index contributed by atoms with van der Waals surface area (Å²) in [5, 5.41) is 4.47. The van der Waals surface area contributed by atoms with Gasteiger partial charge >= 0.3 is 0 Å². The third-order valence-electron chi connectivity index (χ3n) is 4.58. The van der Waals surface area contributed by atoms with Gasteiger partial charge in [-0.2, -0.15) is 5.10 Å². The maximum Gasteiger partial charge on any atom is 0.276 e. The van der Waals surface area contributed by atoms with Crippen molar-refractivity contribution in [2.75, 3.05) is 11.4 Å². The van der Waals surface area contributed by atoms with Gasteiger partial charge in [0.1, 0.15) is 17.3 Å². The van der Waals surface area contributed by atoms with Crippen LogP contribution in [0.2, 0.25) is 0 Å². The first kappa shape index (κ1) is 16.4. The van der Waals surface area contributed by atoms with Gasteiger partial charge in [-0.3, -0.25) is 9.48 Å². The standard InChI is InChI=1S/C20H17F2N3O/c21-15-6-9-17(10-7-15)24-11-12-25-19(20(24)26)13-16(23-25)8-5-14-3-1-2-4-18(14)22/h1-4,6-7,9-10,13H,5,8,11-12H2. The van der Waals surface area contributed by atoms with Crippen LogP contribution in [0.25, 0.3) is 0 Å². The van der Waals surface area contributed by atoms with Crippen LogP contribution >= 0.6 is 0 Å². The molecule has 4 nitrogen and oxygen atoms in total. The number of aryl methyl sites for hydroxylation is 2. The van der Waals surface area contributed by atoms with Crippen LogP contribution in [0.3, 0.4) is 0 Å². The Bertz CT molecular complexity index is 950. The summed E-state index contributed by atoms with van der Waals surface area (Å²) in [6.07, 6.45) is 1.09. The van der Waals surface area contributed by atoms with Crippen LogP contribution in [0.1, 0.15) is 21.7 Å². The monoisotopic (exact) mass is 353 g/mol. The van der Waals surface area contributed by atoms with Gasteiger partial charge in [-0.25, -0.2) is 8.78 Å². The van der Waals surface area contributed by atoms with Crippen molar-refractivity contribution in [1.82, 2.24) is 9.78 Å². The predicted octanol–water partition coefficient (Wildman–Crippen LogP) is 3.61. The molecular formula is C20H17F2N3O. The van der Waals surface area contributed by atoms with Crippen molar-refractivity contribution in [2.24, 2.45) is 0 Å². The van der Waals surface area contributed by atoms with Gasteiger partial charge in [0, 0.05) is 12.2 Å². The number of nitrogens with zero attached hydrogens (tertiary/aromatic N) is 3. The second-order valence-electron chi connectivity index (χ2n) is 6.27. The lowest BCUT2D eigenvalue weighted by atomic mass is 10.1. The molecule has 4 rings (SSSR count). The molecule has 2 heterocycles. The van der Waals surface area contributed by atoms with Crippen LogP contribution in [0, 0.1) is 11.6 Å². The summed E-state index contributed by atoms with van der Waals surface area (Å²) in [5.74, 6) is -0.721. The zero-order chi connectivity index (χ0) is 18.1. The summed E-state index contributed by atoms with van der Waals surface area (Å²) in [7, 11) is 0. The highest BCUT2D eigenvalue weighted by atomic mass is 19.1. The molecule has 3 aromatic rings. The molecule has 0 aliphatic carbocycles. The summed E-state index contributed by atoms with van der Waals surface area (Å²) in [4.78, 5) is 14.4. The lowest BCUT2D eigenvalue weighted by Gasteiger charge is -2.27. The second-order valence-corrected chi connectivity index (χ2v) is 6.27. The minimum atomic E-state index is -0.335. The van der Waals surface area contributed by atoms with Gasteiger partial charge in [-0.15, -0.1) is 0 Å². The third kappa shape index (κ3) is 3.10. The Balaban J connectivity index is 1.52. The van der Waals surface area contributed by atoms with Gasteiger partial charge < -0.3 is 4.90 Å². The van der Waals surface area contributed by atoms with E-state index >= 15 is 0 Å². The molecule has 26 heavy (non-hydrogen) atoms. The van der Waals surface area contributed by atoms with Crippen LogP contribution in [0.15, 0.2) is 54.6 Å². The molecule has 0 atom stereocenters. The van der Waals surface area contributed by atoms with E-state index in [1.54, 1.807) is 46.0 Å². The molecule has 1 amide bonds. The van der Waals surface area contributed by atoms with Crippen molar-refractivity contribution in [3.8, 4) is 0 Å². The maximum absolute atomic E-state index is 13.7. The largest absolute Gasteiger partial charge is 0.305 e. The number of hydrogen-bond acceptors (Lipinski definition) is 2. The van der Waals surface area contributed by atoms with Crippen molar-refractivity contribution in [2.45, 2.75) is 19.4 Å². The first-order chi connectivity index (χ1) is 12.6. The Morgan fingerprint density at radius 1 is 0.962 bits per heavy atom. The minimum absolute atomic E-state index is 0.160. The summed E-state index contributed by atoms with van der Waals surface area (Å²) in [6.45, 7) is 1.05. The molecule has 0 bridgehead atoms. The zero-order valence-electron chi connectivity index (χ0n) is 14.0. The van der Waals surface area contributed by atoms with Crippen LogP contribution in [-0.2, 0) is 19.4 Å². The van der Waals surface area contributed by atoms with Crippen LogP contribution < -0.4 is 4.90 Å². The number of amides is 1. The number of fused-ring (bicyclic) bond motifs is 1. The molecule has 0 saturated heterocycles. The fourth-order valence-electron chi connectivity index (χ4n) is 3.20. The van der Waals surface area contributed by atoms with Gasteiger partial charge in [0.15, 0.2) is 0 Å². The molecule has 0 fully saturated rings. The predicted molar refractivity (Wildman–Crippen MR) is 94.1 cm³/mol. The number of carbonyl (C=O) groups excluding carboxylic acids is 1. The van der Waals surface area contributed by atoms with E-state index in [0.717, 1.165) is 5.69 Å². The number of rotatable bonds is 4. The summed E-state index contributed by atoms with van der Waals surface area (Å²) in [6, 6.07) is 14.3. The lowest BCUT2D eigenvalue weighted by Crippen LogP contribution is -2.40. The van der Waals surface area contributed by atoms with Crippen LogP contribution in [0.4, 0.5) is 14.5 Å². The fourth-order valence-corrected chi connectivity index (χ4v) is 3.20. The van der Waals surface area contributed by atoms with E-state index in [4.69, 9.17) is 0 Å². The first-order valence-corrected chi connectivity index (χ1v) is 8.49. The highest BCUT2D eigenvalue weighted by Crippen LogP contribution is 2.22. The van der Waals surface area contributed by atoms with Crippen LogP contribution in [0.5, 0.6) is 0 Å². The van der Waals surface area contributed by atoms with Crippen molar-refractivity contribution in [1.29, 1.82) is 0 Å². The van der Waals surface area contributed by atoms with Crippen molar-refractivity contribution >= 4 is 11.6 Å². The van der Waals surface area contributed by atoms with E-state index in [1.807, 2.05) is 0 Å². The topological polar surface area (TPSA) is 38.1 Å². The molecule has 1 aromatic heterocycles. The summed E-state index contributed by atoms with van der Waals surface area (Å²) < 4.78 is 28.5. The number of hydrogen-bond donors (Lipinski definition) is 0. The summed E-state index contributed by atoms with van der Waals surface area (Å²) in [5.41, 5.74) is 2.57. The van der Waals surface area contributed by atoms with E-state index < -0.39 is 0 Å². The first-order valence-electron chi connectivity index (χ1n) is 8.49. The Hall–Kier alpha value is -3.02. The average Bonchev–Trinajstić information content (AvgIpc) is 3.06. The number of benzene rings is 2. The van der Waals surface area contributed by atoms with Gasteiger partial charge in [0.25, 0.3) is 5.91 Å². The van der Waals surface area contributed by atoms with E-state index in [1.165, 1.54) is 18.2 Å². The molecule has 132 valence electrons. The molecule has 0 saturated carbocycles. The SMILES string of the molecule is O=C1c2cc(CCc3ccccc3F)nn2CCN1c1ccc(F)cc1. The molecule has 1 aliphatic rings. The number of halogens is 2. The molecule has 6 heteroatoms. The summed E-state index contributed by atoms with van der Waals surface area (Å²) >= 11 is 0. The van der Waals surface area contributed by atoms with Crippen molar-refractivity contribution < 1.29 is 13.6 Å². The fraction of sp³-hybridized carbons (Fsp3) is 0.200. The lowest BCUT2D eigenvalue weighted by molar-refractivity contribution is 0.0962. The Morgan fingerprint density at radius 3 is 2.50 bits per heavy atom. The second kappa shape index (κ2) is 6.71. The molecule has 2 aromatic carbocycles. The average molecular weight is 353 g/mol. The van der Waals surface area contributed by atoms with Crippen molar-refractivity contribution in [3.05, 3.63) is 83.2 Å². The van der Waals surface area contributed by atoms with E-state index in [9.17, 15) is 13.6 Å². The highest BCUT2D eigenvalue weighted by molar-refractivity contribution is 6.05. The molecular weight excluding hydrogens is 336 g/mol. The van der Waals surface area contributed by atoms with E-state index in [-0.39, 0.29) is 17.5 Å². The van der Waals surface area contributed by atoms with E-state index in [0.29, 0.717) is 42.9 Å². The van der Waals surface area contributed by atoms with Gasteiger partial charge in [-0.1, -0.05) is 18.2 Å². The third-order valence-corrected chi connectivity index (χ3v) is 4.58. The molecule has 0 radical (unpaired) electrons. The van der Waals surface area contributed by atoms with Gasteiger partial charge in [0.2, 0.25) is 0 Å². The zero-order valence-corrected chi connectivity index (χ0v) is 14.0. The number of anilines is 1. The highest BCUT2D eigenvalue weighted by Gasteiger charge is 2.27. The van der Waals surface area contributed by atoms with Crippen LogP contribution in [-0.4, -0.2) is 22.2 Å². The van der Waals surface area contributed by atoms with Gasteiger partial charge in [-0.05, 0) is 54.8 Å². The Labute approximate surface area is 149 Å². The Kier molecular flexibility index (Phi) is 4.24. The smallest absolute Gasteiger partial charge is 0.276 e. The molecule has 1 aliphatic heterocycles. The van der Waals surface area contributed by atoms with Crippen molar-refractivity contribution in [3.63, 3.8) is 0 Å². The normalized spacial score (nSPS) is 13.8. The number of carbonyl (C=O) groups is 1. The molecule has 0 unspecified atom stereocenters.